The molecular formula is C30H24N2O3S. The van der Waals surface area contributed by atoms with E-state index in [0.717, 1.165) is 15.2 Å². The first-order valence-corrected chi connectivity index (χ1v) is 12.6. The molecule has 0 aliphatic rings. The number of thiazole rings is 1. The summed E-state index contributed by atoms with van der Waals surface area (Å²) in [7, 11) is 0. The number of esters is 1. The average Bonchev–Trinajstić information content (AvgIpc) is 3.37. The van der Waals surface area contributed by atoms with Gasteiger partial charge in [-0.25, -0.2) is 9.78 Å². The highest BCUT2D eigenvalue weighted by Crippen LogP contribution is 2.33. The molecule has 1 unspecified atom stereocenters. The van der Waals surface area contributed by atoms with Crippen molar-refractivity contribution in [2.24, 2.45) is 0 Å². The van der Waals surface area contributed by atoms with Crippen molar-refractivity contribution < 1.29 is 14.3 Å². The minimum Gasteiger partial charge on any atom is -0.449 e. The molecule has 1 atom stereocenters. The summed E-state index contributed by atoms with van der Waals surface area (Å²) >= 11 is 1.52. The summed E-state index contributed by atoms with van der Waals surface area (Å²) in [5.41, 5.74) is 3.36. The molecule has 4 aromatic carbocycles. The molecule has 0 bridgehead atoms. The third-order valence-electron chi connectivity index (χ3n) is 5.82. The second-order valence-electron chi connectivity index (χ2n) is 8.18. The molecule has 178 valence electrons. The Morgan fingerprint density at radius 2 is 1.39 bits per heavy atom. The molecule has 0 fully saturated rings. The van der Waals surface area contributed by atoms with Gasteiger partial charge in [0.05, 0.1) is 15.8 Å². The van der Waals surface area contributed by atoms with Crippen LogP contribution in [0.2, 0.25) is 0 Å². The molecule has 0 saturated carbocycles. The molecule has 0 radical (unpaired) electrons. The van der Waals surface area contributed by atoms with Crippen LogP contribution in [0.5, 0.6) is 0 Å². The summed E-state index contributed by atoms with van der Waals surface area (Å²) in [6.45, 7) is 1.84. The highest BCUT2D eigenvalue weighted by atomic mass is 32.1. The predicted octanol–water partition coefficient (Wildman–Crippen LogP) is 7.26. The van der Waals surface area contributed by atoms with E-state index in [9.17, 15) is 9.59 Å². The largest absolute Gasteiger partial charge is 0.449 e. The van der Waals surface area contributed by atoms with E-state index in [1.165, 1.54) is 11.3 Å². The fourth-order valence-corrected chi connectivity index (χ4v) is 5.04. The van der Waals surface area contributed by atoms with Crippen molar-refractivity contribution in [1.82, 2.24) is 4.98 Å². The monoisotopic (exact) mass is 492 g/mol. The van der Waals surface area contributed by atoms with E-state index in [0.29, 0.717) is 28.9 Å². The maximum absolute atomic E-state index is 13.8. The molecule has 1 aromatic heterocycles. The van der Waals surface area contributed by atoms with E-state index in [1.807, 2.05) is 104 Å². The molecule has 1 heterocycles. The number of carbonyl (C=O) groups is 2. The van der Waals surface area contributed by atoms with Gasteiger partial charge in [0.25, 0.3) is 5.91 Å². The van der Waals surface area contributed by atoms with Crippen LogP contribution in [0.1, 0.15) is 23.7 Å². The summed E-state index contributed by atoms with van der Waals surface area (Å²) in [5.74, 6) is -0.855. The molecule has 1 amide bonds. The smallest absolute Gasteiger partial charge is 0.339 e. The van der Waals surface area contributed by atoms with Gasteiger partial charge in [0, 0.05) is 16.9 Å². The number of rotatable bonds is 7. The number of para-hydroxylation sites is 3. The average molecular weight is 493 g/mol. The van der Waals surface area contributed by atoms with Gasteiger partial charge in [0.2, 0.25) is 0 Å². The molecule has 0 aliphatic carbocycles. The van der Waals surface area contributed by atoms with Gasteiger partial charge in [0.1, 0.15) is 5.01 Å². The zero-order chi connectivity index (χ0) is 24.9. The van der Waals surface area contributed by atoms with Gasteiger partial charge in [-0.1, -0.05) is 73.7 Å². The SMILES string of the molecule is CCC(OC(=O)c1ccccc1-c1nc2ccccc2s1)C(=O)N(c1ccccc1)c1ccccc1. The topological polar surface area (TPSA) is 59.5 Å². The zero-order valence-electron chi connectivity index (χ0n) is 19.7. The molecule has 5 nitrogen and oxygen atoms in total. The number of benzene rings is 4. The van der Waals surface area contributed by atoms with Crippen LogP contribution >= 0.6 is 11.3 Å². The molecule has 36 heavy (non-hydrogen) atoms. The number of amides is 1. The van der Waals surface area contributed by atoms with Crippen LogP contribution < -0.4 is 4.90 Å². The summed E-state index contributed by atoms with van der Waals surface area (Å²) in [6.07, 6.45) is -0.620. The lowest BCUT2D eigenvalue weighted by molar-refractivity contribution is -0.126. The normalized spacial score (nSPS) is 11.7. The Labute approximate surface area is 213 Å². The number of fused-ring (bicyclic) bond motifs is 1. The predicted molar refractivity (Wildman–Crippen MR) is 145 cm³/mol. The van der Waals surface area contributed by atoms with Gasteiger partial charge < -0.3 is 4.74 Å². The highest BCUT2D eigenvalue weighted by Gasteiger charge is 2.30. The number of aromatic nitrogens is 1. The second-order valence-corrected chi connectivity index (χ2v) is 9.21. The van der Waals surface area contributed by atoms with Gasteiger partial charge in [-0.2, -0.15) is 0 Å². The lowest BCUT2D eigenvalue weighted by atomic mass is 10.1. The van der Waals surface area contributed by atoms with Crippen LogP contribution in [-0.2, 0) is 9.53 Å². The van der Waals surface area contributed by atoms with Gasteiger partial charge in [-0.05, 0) is 48.9 Å². The lowest BCUT2D eigenvalue weighted by Gasteiger charge is -2.27. The standard InChI is InChI=1S/C30H24N2O3S/c1-2-26(29(33)32(21-13-5-3-6-14-21)22-15-7-4-8-16-22)35-30(34)24-18-10-9-17-23(24)28-31-25-19-11-12-20-27(25)36-28/h3-20,26H,2H2,1H3. The van der Waals surface area contributed by atoms with E-state index in [2.05, 4.69) is 0 Å². The molecular weight excluding hydrogens is 468 g/mol. The van der Waals surface area contributed by atoms with Gasteiger partial charge >= 0.3 is 5.97 Å². The number of anilines is 2. The van der Waals surface area contributed by atoms with Crippen LogP contribution in [0.25, 0.3) is 20.8 Å². The maximum Gasteiger partial charge on any atom is 0.339 e. The summed E-state index contributed by atoms with van der Waals surface area (Å²) < 4.78 is 6.89. The van der Waals surface area contributed by atoms with Crippen LogP contribution in [0.4, 0.5) is 11.4 Å². The third kappa shape index (κ3) is 4.76. The summed E-state index contributed by atoms with van der Waals surface area (Å²) in [5, 5.41) is 0.735. The Hall–Kier alpha value is -4.29. The van der Waals surface area contributed by atoms with Crippen LogP contribution in [0, 0.1) is 0 Å². The molecule has 5 aromatic rings. The fraction of sp³-hybridized carbons (Fsp3) is 0.100. The first-order valence-electron chi connectivity index (χ1n) is 11.8. The Morgan fingerprint density at radius 3 is 2.03 bits per heavy atom. The van der Waals surface area contributed by atoms with E-state index in [1.54, 1.807) is 17.0 Å². The van der Waals surface area contributed by atoms with Crippen LogP contribution in [0.3, 0.4) is 0 Å². The number of hydrogen-bond acceptors (Lipinski definition) is 5. The van der Waals surface area contributed by atoms with Crippen LogP contribution in [-0.4, -0.2) is 23.0 Å². The fourth-order valence-electron chi connectivity index (χ4n) is 4.04. The summed E-state index contributed by atoms with van der Waals surface area (Å²) in [6, 6.07) is 33.8. The van der Waals surface area contributed by atoms with E-state index >= 15 is 0 Å². The minimum atomic E-state index is -0.957. The second kappa shape index (κ2) is 10.5. The highest BCUT2D eigenvalue weighted by molar-refractivity contribution is 7.21. The molecule has 5 rings (SSSR count). The van der Waals surface area contributed by atoms with Gasteiger partial charge in [-0.15, -0.1) is 11.3 Å². The molecule has 0 spiro atoms. The van der Waals surface area contributed by atoms with E-state index < -0.39 is 12.1 Å². The quantitative estimate of drug-likeness (QED) is 0.224. The Balaban J connectivity index is 1.45. The van der Waals surface area contributed by atoms with Crippen molar-refractivity contribution in [3.63, 3.8) is 0 Å². The van der Waals surface area contributed by atoms with Crippen molar-refractivity contribution >= 4 is 44.8 Å². The third-order valence-corrected chi connectivity index (χ3v) is 6.89. The Kier molecular flexibility index (Phi) is 6.87. The van der Waals surface area contributed by atoms with E-state index in [4.69, 9.17) is 9.72 Å². The van der Waals surface area contributed by atoms with Crippen LogP contribution in [0.15, 0.2) is 109 Å². The van der Waals surface area contributed by atoms with Crippen molar-refractivity contribution in [1.29, 1.82) is 0 Å². The van der Waals surface area contributed by atoms with Gasteiger partial charge in [-0.3, -0.25) is 9.69 Å². The zero-order valence-corrected chi connectivity index (χ0v) is 20.5. The number of hydrogen-bond donors (Lipinski definition) is 0. The van der Waals surface area contributed by atoms with Crippen molar-refractivity contribution in [3.8, 4) is 10.6 Å². The Morgan fingerprint density at radius 1 is 0.806 bits per heavy atom. The molecule has 0 N–H and O–H groups in total. The first kappa shape index (κ1) is 23.5. The molecule has 0 saturated heterocycles. The van der Waals surface area contributed by atoms with Crippen molar-refractivity contribution in [2.45, 2.75) is 19.4 Å². The van der Waals surface area contributed by atoms with Crippen molar-refractivity contribution in [2.75, 3.05) is 4.90 Å². The molecule has 6 heteroatoms. The lowest BCUT2D eigenvalue weighted by Crippen LogP contribution is -2.38. The first-order chi connectivity index (χ1) is 17.7. The van der Waals surface area contributed by atoms with Crippen molar-refractivity contribution in [3.05, 3.63) is 115 Å². The van der Waals surface area contributed by atoms with Gasteiger partial charge in [0.15, 0.2) is 6.10 Å². The number of carbonyl (C=O) groups excluding carboxylic acids is 2. The molecule has 0 aliphatic heterocycles. The number of nitrogens with zero attached hydrogens (tertiary/aromatic N) is 2. The Bertz CT molecular complexity index is 1430. The minimum absolute atomic E-state index is 0.305. The maximum atomic E-state index is 13.8. The summed E-state index contributed by atoms with van der Waals surface area (Å²) in [4.78, 5) is 33.5. The number of ether oxygens (including phenoxy) is 1. The van der Waals surface area contributed by atoms with E-state index in [-0.39, 0.29) is 5.91 Å².